The molecule has 5 heteroatoms. The van der Waals surface area contributed by atoms with Gasteiger partial charge in [-0.15, -0.1) is 0 Å². The lowest BCUT2D eigenvalue weighted by molar-refractivity contribution is -0.152. The van der Waals surface area contributed by atoms with Gasteiger partial charge in [-0.25, -0.2) is 0 Å². The molecule has 0 heterocycles. The van der Waals surface area contributed by atoms with Crippen LogP contribution in [-0.4, -0.2) is 51.0 Å². The molecule has 4 saturated carbocycles. The maximum absolute atomic E-state index is 13.2. The highest BCUT2D eigenvalue weighted by Crippen LogP contribution is 2.67. The highest BCUT2D eigenvalue weighted by molar-refractivity contribution is 5.95. The Kier molecular flexibility index (Phi) is 4.44. The van der Waals surface area contributed by atoms with Crippen molar-refractivity contribution >= 4 is 5.78 Å². The van der Waals surface area contributed by atoms with E-state index in [-0.39, 0.29) is 28.4 Å². The Hall–Kier alpha value is -0.750. The Morgan fingerprint density at radius 3 is 2.48 bits per heavy atom. The Morgan fingerprint density at radius 1 is 1.07 bits per heavy atom. The summed E-state index contributed by atoms with van der Waals surface area (Å²) in [6, 6.07) is 1.01. The van der Waals surface area contributed by atoms with Gasteiger partial charge >= 0.3 is 0 Å². The Bertz CT molecular complexity index is 747. The summed E-state index contributed by atoms with van der Waals surface area (Å²) in [7, 11) is 0. The monoisotopic (exact) mass is 403 g/mol. The van der Waals surface area contributed by atoms with E-state index < -0.39 is 17.8 Å². The molecule has 0 bridgehead atoms. The highest BCUT2D eigenvalue weighted by Gasteiger charge is 2.66. The summed E-state index contributed by atoms with van der Waals surface area (Å²) in [5.74, 6) is 0.287. The second-order valence-corrected chi connectivity index (χ2v) is 11.4. The van der Waals surface area contributed by atoms with Crippen LogP contribution in [0.4, 0.5) is 0 Å². The molecule has 0 radical (unpaired) electrons. The van der Waals surface area contributed by atoms with E-state index in [4.69, 9.17) is 0 Å². The van der Waals surface area contributed by atoms with Crippen molar-refractivity contribution in [3.05, 3.63) is 11.6 Å². The van der Waals surface area contributed by atoms with Crippen LogP contribution in [0.1, 0.15) is 72.1 Å². The molecule has 0 saturated heterocycles. The number of aliphatic hydroxyl groups is 3. The van der Waals surface area contributed by atoms with E-state index >= 15 is 0 Å². The van der Waals surface area contributed by atoms with E-state index in [1.54, 1.807) is 6.08 Å². The first-order valence-corrected chi connectivity index (χ1v) is 11.7. The van der Waals surface area contributed by atoms with Crippen molar-refractivity contribution in [3.63, 3.8) is 0 Å². The van der Waals surface area contributed by atoms with E-state index in [2.05, 4.69) is 26.1 Å². The van der Waals surface area contributed by atoms with Gasteiger partial charge in [-0.2, -0.15) is 0 Å². The Balaban J connectivity index is 1.50. The third kappa shape index (κ3) is 2.70. The third-order valence-electron chi connectivity index (χ3n) is 9.87. The molecule has 5 aliphatic rings. The minimum absolute atomic E-state index is 0.0370. The van der Waals surface area contributed by atoms with E-state index in [0.717, 1.165) is 24.8 Å². The van der Waals surface area contributed by atoms with Gasteiger partial charge in [0.1, 0.15) is 0 Å². The number of aliphatic hydroxyl groups excluding tert-OH is 2. The summed E-state index contributed by atoms with van der Waals surface area (Å²) in [5.41, 5.74) is -0.621. The van der Waals surface area contributed by atoms with Crippen LogP contribution in [0, 0.1) is 28.6 Å². The van der Waals surface area contributed by atoms with Crippen molar-refractivity contribution in [1.29, 1.82) is 0 Å². The van der Waals surface area contributed by atoms with Crippen molar-refractivity contribution in [2.45, 2.75) is 102 Å². The molecule has 0 aromatic carbocycles. The van der Waals surface area contributed by atoms with E-state index in [9.17, 15) is 20.1 Å². The number of nitrogens with one attached hydrogen (secondary N) is 1. The van der Waals surface area contributed by atoms with Gasteiger partial charge in [-0.3, -0.25) is 4.79 Å². The molecule has 0 amide bonds. The normalized spacial score (nSPS) is 53.0. The topological polar surface area (TPSA) is 89.8 Å². The lowest BCUT2D eigenvalue weighted by Gasteiger charge is -2.60. The molecular weight excluding hydrogens is 366 g/mol. The van der Waals surface area contributed by atoms with Crippen LogP contribution in [0.5, 0.6) is 0 Å². The summed E-state index contributed by atoms with van der Waals surface area (Å²) >= 11 is 0. The number of allylic oxidation sites excluding steroid dienone is 1. The maximum atomic E-state index is 13.2. The number of hydrogen-bond acceptors (Lipinski definition) is 5. The first-order chi connectivity index (χ1) is 13.6. The average Bonchev–Trinajstić information content (AvgIpc) is 3.40. The number of carbonyl (C=O) groups is 1. The minimum atomic E-state index is -0.940. The van der Waals surface area contributed by atoms with Crippen LogP contribution >= 0.6 is 0 Å². The summed E-state index contributed by atoms with van der Waals surface area (Å²) in [5, 5.41) is 36.5. The minimum Gasteiger partial charge on any atom is -0.390 e. The van der Waals surface area contributed by atoms with Crippen LogP contribution in [0.2, 0.25) is 0 Å². The molecule has 5 aliphatic carbocycles. The Labute approximate surface area is 174 Å². The predicted molar refractivity (Wildman–Crippen MR) is 110 cm³/mol. The van der Waals surface area contributed by atoms with E-state index in [1.807, 2.05) is 0 Å². The molecule has 0 aromatic rings. The smallest absolute Gasteiger partial charge is 0.159 e. The molecule has 9 atom stereocenters. The average molecular weight is 404 g/mol. The number of fused-ring (bicyclic) bond motifs is 5. The number of rotatable bonds is 3. The summed E-state index contributed by atoms with van der Waals surface area (Å²) < 4.78 is 0. The van der Waals surface area contributed by atoms with Gasteiger partial charge in [0.15, 0.2) is 5.78 Å². The predicted octanol–water partition coefficient (Wildman–Crippen LogP) is 2.33. The van der Waals surface area contributed by atoms with Crippen molar-refractivity contribution in [1.82, 2.24) is 5.32 Å². The first kappa shape index (κ1) is 20.2. The van der Waals surface area contributed by atoms with Crippen LogP contribution < -0.4 is 5.32 Å². The molecule has 0 aliphatic heterocycles. The van der Waals surface area contributed by atoms with Crippen molar-refractivity contribution < 1.29 is 20.1 Å². The van der Waals surface area contributed by atoms with Gasteiger partial charge in [0.2, 0.25) is 0 Å². The third-order valence-corrected chi connectivity index (χ3v) is 9.87. The van der Waals surface area contributed by atoms with Gasteiger partial charge in [-0.1, -0.05) is 13.8 Å². The quantitative estimate of drug-likeness (QED) is 0.581. The van der Waals surface area contributed by atoms with Gasteiger partial charge in [0, 0.05) is 23.4 Å². The zero-order chi connectivity index (χ0) is 20.8. The van der Waals surface area contributed by atoms with Crippen molar-refractivity contribution in [3.8, 4) is 0 Å². The molecule has 3 unspecified atom stereocenters. The van der Waals surface area contributed by atoms with Crippen molar-refractivity contribution in [2.75, 3.05) is 0 Å². The van der Waals surface area contributed by atoms with Crippen LogP contribution in [0.3, 0.4) is 0 Å². The van der Waals surface area contributed by atoms with E-state index in [1.165, 1.54) is 12.8 Å². The zero-order valence-electron chi connectivity index (χ0n) is 18.0. The molecule has 0 spiro atoms. The molecule has 0 aromatic heterocycles. The van der Waals surface area contributed by atoms with Gasteiger partial charge < -0.3 is 20.6 Å². The second-order valence-electron chi connectivity index (χ2n) is 11.4. The largest absolute Gasteiger partial charge is 0.390 e. The second kappa shape index (κ2) is 6.38. The standard InChI is InChI=1S/C24H37NO4/c1-13(25-14-4-5-14)15-7-9-24(29)17-10-19(26)18-11-20(27)21(28)12-22(18,2)16(17)6-8-23(15,24)3/h10,13-16,18,20-21,25,27-29H,4-9,11-12H2,1-3H3/t13?,15?,16?,18-,20+,21-,22+,23+,24+/m0/s1. The summed E-state index contributed by atoms with van der Waals surface area (Å²) in [4.78, 5) is 13.2. The lowest BCUT2D eigenvalue weighted by Crippen LogP contribution is -2.61. The number of hydrogen-bond donors (Lipinski definition) is 4. The van der Waals surface area contributed by atoms with Crippen LogP contribution in [-0.2, 0) is 4.79 Å². The number of carbonyl (C=O) groups excluding carboxylic acids is 1. The molecule has 4 N–H and O–H groups in total. The summed E-state index contributed by atoms with van der Waals surface area (Å²) in [6.45, 7) is 6.62. The SMILES string of the molecule is CC(NC1CC1)C1CC[C@@]2(O)C3=CC(=O)[C@@H]4C[C@@H](O)[C@@H](O)C[C@]4(C)C3CC[C@]12C. The van der Waals surface area contributed by atoms with Crippen molar-refractivity contribution in [2.24, 2.45) is 28.6 Å². The Morgan fingerprint density at radius 2 is 1.79 bits per heavy atom. The molecule has 5 nitrogen and oxygen atoms in total. The zero-order valence-corrected chi connectivity index (χ0v) is 18.0. The van der Waals surface area contributed by atoms with Crippen LogP contribution in [0.15, 0.2) is 11.6 Å². The molecule has 4 fully saturated rings. The van der Waals surface area contributed by atoms with Gasteiger partial charge in [0.05, 0.1) is 17.8 Å². The fourth-order valence-corrected chi connectivity index (χ4v) is 7.95. The highest BCUT2D eigenvalue weighted by atomic mass is 16.3. The maximum Gasteiger partial charge on any atom is 0.159 e. The fourth-order valence-electron chi connectivity index (χ4n) is 7.95. The molecule has 5 rings (SSSR count). The molecular formula is C24H37NO4. The van der Waals surface area contributed by atoms with E-state index in [0.29, 0.717) is 37.3 Å². The van der Waals surface area contributed by atoms with Gasteiger partial charge in [0.25, 0.3) is 0 Å². The van der Waals surface area contributed by atoms with Crippen LogP contribution in [0.25, 0.3) is 0 Å². The lowest BCUT2D eigenvalue weighted by atomic mass is 9.46. The molecule has 29 heavy (non-hydrogen) atoms. The number of ketones is 1. The first-order valence-electron chi connectivity index (χ1n) is 11.7. The fraction of sp³-hybridized carbons (Fsp3) is 0.875. The summed E-state index contributed by atoms with van der Waals surface area (Å²) in [6.07, 6.45) is 7.00. The molecule has 162 valence electrons. The van der Waals surface area contributed by atoms with Gasteiger partial charge in [-0.05, 0) is 87.2 Å².